The van der Waals surface area contributed by atoms with Crippen LogP contribution in [0.1, 0.15) is 0 Å². The molecule has 6 rings (SSSR count). The zero-order valence-electron chi connectivity index (χ0n) is 24.1. The Hall–Kier alpha value is -2.41. The van der Waals surface area contributed by atoms with Crippen molar-refractivity contribution in [3.8, 4) is 0 Å². The maximum Gasteiger partial charge on any atom is 0.0579 e. The molecule has 0 aliphatic carbocycles. The summed E-state index contributed by atoms with van der Waals surface area (Å²) in [4.78, 5) is 0. The maximum atomic E-state index is 6.47. The van der Waals surface area contributed by atoms with E-state index in [0.717, 1.165) is 0 Å². The Kier molecular flexibility index (Phi) is 23.2. The van der Waals surface area contributed by atoms with Crippen LogP contribution in [-0.4, -0.2) is 14.0 Å². The van der Waals surface area contributed by atoms with Gasteiger partial charge in [-0.3, -0.25) is 14.0 Å². The van der Waals surface area contributed by atoms with Crippen LogP contribution in [0.5, 0.6) is 0 Å². The predicted octanol–water partition coefficient (Wildman–Crippen LogP) is 7.28. The summed E-state index contributed by atoms with van der Waals surface area (Å²) >= 11 is 10.9. The smallest absolute Gasteiger partial charge is 0.0579 e. The largest absolute Gasteiger partial charge is 0.295 e. The zero-order valence-corrected chi connectivity index (χ0v) is 30.8. The third kappa shape index (κ3) is 13.5. The fourth-order valence-corrected chi connectivity index (χ4v) is 8.97. The molecule has 3 nitrogen and oxygen atoms in total. The summed E-state index contributed by atoms with van der Waals surface area (Å²) in [5.41, 5.74) is 0. The van der Waals surface area contributed by atoms with Crippen LogP contribution in [0.2, 0.25) is 0 Å². The van der Waals surface area contributed by atoms with Gasteiger partial charge < -0.3 is 0 Å². The van der Waals surface area contributed by atoms with E-state index < -0.39 is 15.8 Å². The number of benzene rings is 6. The predicted molar refractivity (Wildman–Crippen MR) is 195 cm³/mol. The third-order valence-electron chi connectivity index (χ3n) is 6.09. The molecule has 45 heavy (non-hydrogen) atoms. The summed E-state index contributed by atoms with van der Waals surface area (Å²) in [5.74, 6) is 0. The normalized spacial score (nSPS) is 9.33. The van der Waals surface area contributed by atoms with Crippen LogP contribution >= 0.6 is 51.4 Å². The molecule has 0 unspecified atom stereocenters. The zero-order chi connectivity index (χ0) is 31.8. The molecule has 1 radical (unpaired) electrons. The van der Waals surface area contributed by atoms with E-state index >= 15 is 0 Å². The summed E-state index contributed by atoms with van der Waals surface area (Å²) in [6, 6.07) is 64.7. The third-order valence-corrected chi connectivity index (χ3v) is 11.0. The second-order valence-corrected chi connectivity index (χ2v) is 13.1. The fourth-order valence-electron chi connectivity index (χ4n) is 4.36. The van der Waals surface area contributed by atoms with Crippen molar-refractivity contribution >= 4 is 83.3 Å². The van der Waals surface area contributed by atoms with Crippen molar-refractivity contribution in [1.29, 1.82) is 0 Å². The topological polar surface area (TPSA) is 60.7 Å². The van der Waals surface area contributed by atoms with Crippen molar-refractivity contribution in [1.82, 2.24) is 0 Å². The maximum absolute atomic E-state index is 6.47. The van der Waals surface area contributed by atoms with E-state index in [4.69, 9.17) is 14.0 Å². The van der Waals surface area contributed by atoms with Gasteiger partial charge in [0.2, 0.25) is 0 Å². The standard InChI is InChI=1S/2C18H15P.3ClHO.Re/c2*1-4-10-16(11-5-1)19(17-12-6-2-7-13-17)18-14-8-3-9-15-18;3*1-2;/h2*1-15H;3*2H;. The molecule has 0 atom stereocenters. The van der Waals surface area contributed by atoms with Crippen molar-refractivity contribution < 1.29 is 34.4 Å². The molecule has 9 heteroatoms. The molecule has 3 N–H and O–H groups in total. The van der Waals surface area contributed by atoms with Gasteiger partial charge in [0.25, 0.3) is 0 Å². The molecule has 0 bridgehead atoms. The quantitative estimate of drug-likeness (QED) is 0.154. The van der Waals surface area contributed by atoms with Gasteiger partial charge in [-0.2, -0.15) is 0 Å². The summed E-state index contributed by atoms with van der Waals surface area (Å²) < 4.78 is 19.4. The number of rotatable bonds is 6. The molecule has 0 aliphatic heterocycles. The van der Waals surface area contributed by atoms with Crippen molar-refractivity contribution in [2.75, 3.05) is 0 Å². The van der Waals surface area contributed by atoms with Crippen LogP contribution < -0.4 is 31.8 Å². The fraction of sp³-hybridized carbons (Fsp3) is 0. The van der Waals surface area contributed by atoms with E-state index in [1.54, 1.807) is 0 Å². The van der Waals surface area contributed by atoms with E-state index in [0.29, 0.717) is 0 Å². The average molecular weight is 868 g/mol. The van der Waals surface area contributed by atoms with Crippen LogP contribution in [0.4, 0.5) is 0 Å². The molecule has 0 aliphatic rings. The van der Waals surface area contributed by atoms with Crippen LogP contribution in [0, 0.1) is 0 Å². The van der Waals surface area contributed by atoms with Crippen molar-refractivity contribution in [2.45, 2.75) is 0 Å². The van der Waals surface area contributed by atoms with Crippen LogP contribution in [-0.2, 0) is 20.4 Å². The van der Waals surface area contributed by atoms with Crippen LogP contribution in [0.15, 0.2) is 182 Å². The minimum absolute atomic E-state index is 0. The Labute approximate surface area is 297 Å². The van der Waals surface area contributed by atoms with E-state index in [-0.39, 0.29) is 20.4 Å². The number of hydrogen-bond donors (Lipinski definition) is 3. The van der Waals surface area contributed by atoms with Gasteiger partial charge in [-0.05, 0) is 47.7 Å². The average Bonchev–Trinajstić information content (AvgIpc) is 3.14. The first-order valence-corrected chi connectivity index (χ1v) is 17.0. The van der Waals surface area contributed by atoms with Gasteiger partial charge in [0.15, 0.2) is 0 Å². The van der Waals surface area contributed by atoms with Gasteiger partial charge in [-0.1, -0.05) is 182 Å². The Morgan fingerprint density at radius 1 is 0.244 bits per heavy atom. The van der Waals surface area contributed by atoms with Gasteiger partial charge >= 0.3 is 0 Å². The molecular formula is C36H33Cl3O3P2Re. The van der Waals surface area contributed by atoms with Crippen molar-refractivity contribution in [3.63, 3.8) is 0 Å². The summed E-state index contributed by atoms with van der Waals surface area (Å²) in [6.45, 7) is 0. The van der Waals surface area contributed by atoms with Gasteiger partial charge in [0.05, 0.1) is 35.6 Å². The molecule has 0 aromatic heterocycles. The van der Waals surface area contributed by atoms with Gasteiger partial charge in [0, 0.05) is 20.4 Å². The molecule has 233 valence electrons. The van der Waals surface area contributed by atoms with E-state index in [9.17, 15) is 0 Å². The molecular weight excluding hydrogens is 835 g/mol. The van der Waals surface area contributed by atoms with Gasteiger partial charge in [-0.25, -0.2) is 0 Å². The Morgan fingerprint density at radius 2 is 0.356 bits per heavy atom. The molecule has 6 aromatic carbocycles. The van der Waals surface area contributed by atoms with E-state index in [2.05, 4.69) is 218 Å². The van der Waals surface area contributed by atoms with E-state index in [1.165, 1.54) is 31.8 Å². The van der Waals surface area contributed by atoms with Gasteiger partial charge in [-0.15, -0.1) is 0 Å². The van der Waals surface area contributed by atoms with Gasteiger partial charge in [0.1, 0.15) is 0 Å². The van der Waals surface area contributed by atoms with Crippen molar-refractivity contribution in [2.24, 2.45) is 0 Å². The molecule has 0 spiro atoms. The first-order valence-electron chi connectivity index (χ1n) is 13.3. The minimum Gasteiger partial charge on any atom is -0.295 e. The van der Waals surface area contributed by atoms with Crippen LogP contribution in [0.25, 0.3) is 0 Å². The minimum atomic E-state index is -0.446. The molecule has 0 fully saturated rings. The second kappa shape index (κ2) is 25.7. The number of halogens is 3. The summed E-state index contributed by atoms with van der Waals surface area (Å²) in [5, 5.41) is 8.39. The SMILES string of the molecule is OCl.OCl.OCl.[Re].c1ccc(P(c2ccccc2)c2ccccc2)cc1.c1ccc(P(c2ccccc2)c2ccccc2)cc1. The molecule has 0 saturated heterocycles. The Balaban J connectivity index is 0.000000379. The Bertz CT molecular complexity index is 1200. The van der Waals surface area contributed by atoms with Crippen molar-refractivity contribution in [3.05, 3.63) is 182 Å². The first kappa shape index (κ1) is 40.6. The molecule has 0 saturated carbocycles. The number of hydrogen-bond acceptors (Lipinski definition) is 3. The van der Waals surface area contributed by atoms with E-state index in [1.807, 2.05) is 0 Å². The molecule has 0 amide bonds. The Morgan fingerprint density at radius 3 is 0.467 bits per heavy atom. The summed E-state index contributed by atoms with van der Waals surface area (Å²) in [7, 11) is -0.892. The van der Waals surface area contributed by atoms with Crippen LogP contribution in [0.3, 0.4) is 0 Å². The molecule has 0 heterocycles. The summed E-state index contributed by atoms with van der Waals surface area (Å²) in [6.07, 6.45) is 0. The monoisotopic (exact) mass is 867 g/mol. The second-order valence-electron chi connectivity index (χ2n) is 8.68. The first-order chi connectivity index (χ1) is 21.9. The molecule has 6 aromatic rings.